The van der Waals surface area contributed by atoms with Gasteiger partial charge in [0.05, 0.1) is 6.54 Å². The van der Waals surface area contributed by atoms with E-state index in [4.69, 9.17) is 0 Å². The lowest BCUT2D eigenvalue weighted by Gasteiger charge is -2.34. The molecule has 0 bridgehead atoms. The summed E-state index contributed by atoms with van der Waals surface area (Å²) < 4.78 is 24.9. The van der Waals surface area contributed by atoms with Crippen molar-refractivity contribution in [1.29, 1.82) is 0 Å². The second-order valence-electron chi connectivity index (χ2n) is 6.69. The van der Waals surface area contributed by atoms with E-state index in [1.807, 2.05) is 30.3 Å². The third-order valence-corrected chi connectivity index (χ3v) is 5.10. The zero-order chi connectivity index (χ0) is 17.4. The van der Waals surface area contributed by atoms with Crippen molar-refractivity contribution >= 4 is 5.91 Å². The van der Waals surface area contributed by atoms with Crippen molar-refractivity contribution in [3.63, 3.8) is 0 Å². The second-order valence-corrected chi connectivity index (χ2v) is 6.69. The minimum absolute atomic E-state index is 0.00421. The van der Waals surface area contributed by atoms with E-state index in [9.17, 15) is 13.6 Å². The summed E-state index contributed by atoms with van der Waals surface area (Å²) in [6.07, 6.45) is -1.46. The Balaban J connectivity index is 1.47. The van der Waals surface area contributed by atoms with Crippen molar-refractivity contribution in [3.8, 4) is 11.1 Å². The van der Waals surface area contributed by atoms with Crippen LogP contribution in [0.1, 0.15) is 21.5 Å². The summed E-state index contributed by atoms with van der Waals surface area (Å²) in [6, 6.07) is 14.2. The molecule has 2 aromatic carbocycles. The third kappa shape index (κ3) is 3.16. The molecule has 1 amide bonds. The van der Waals surface area contributed by atoms with Crippen LogP contribution in [0.15, 0.2) is 42.5 Å². The number of alkyl halides is 2. The molecule has 1 aliphatic carbocycles. The average Bonchev–Trinajstić information content (AvgIpc) is 2.99. The molecule has 3 nitrogen and oxygen atoms in total. The monoisotopic (exact) mass is 342 g/mol. The Bertz CT molecular complexity index is 798. The number of benzene rings is 2. The summed E-state index contributed by atoms with van der Waals surface area (Å²) in [6.45, 7) is 1.81. The molecule has 1 fully saturated rings. The van der Waals surface area contributed by atoms with Gasteiger partial charge in [-0.25, -0.2) is 8.78 Å². The number of nitrogens with zero attached hydrogens (tertiary/aromatic N) is 2. The molecule has 2 aromatic rings. The highest BCUT2D eigenvalue weighted by Gasteiger charge is 2.25. The predicted octanol–water partition coefficient (Wildman–Crippen LogP) is 3.28. The van der Waals surface area contributed by atoms with Crippen molar-refractivity contribution in [2.45, 2.75) is 12.8 Å². The van der Waals surface area contributed by atoms with E-state index in [2.05, 4.69) is 12.1 Å². The zero-order valence-corrected chi connectivity index (χ0v) is 13.9. The molecule has 0 unspecified atom stereocenters. The molecule has 1 aliphatic heterocycles. The maximum Gasteiger partial charge on any atom is 0.253 e. The molecule has 0 N–H and O–H groups in total. The first-order valence-electron chi connectivity index (χ1n) is 8.63. The molecule has 0 radical (unpaired) electrons. The van der Waals surface area contributed by atoms with Crippen LogP contribution in [0.5, 0.6) is 0 Å². The summed E-state index contributed by atoms with van der Waals surface area (Å²) in [4.78, 5) is 16.2. The number of piperazine rings is 1. The Hall–Kier alpha value is -2.27. The highest BCUT2D eigenvalue weighted by Crippen LogP contribution is 2.36. The molecule has 130 valence electrons. The molecular formula is C20H20F2N2O. The first kappa shape index (κ1) is 16.2. The second kappa shape index (κ2) is 6.56. The Labute approximate surface area is 145 Å². The first-order chi connectivity index (χ1) is 12.1. The minimum Gasteiger partial charge on any atom is -0.336 e. The van der Waals surface area contributed by atoms with Gasteiger partial charge in [0.2, 0.25) is 0 Å². The van der Waals surface area contributed by atoms with E-state index in [0.717, 1.165) is 6.42 Å². The summed E-state index contributed by atoms with van der Waals surface area (Å²) in [5, 5.41) is 0. The van der Waals surface area contributed by atoms with Gasteiger partial charge in [-0.2, -0.15) is 0 Å². The Morgan fingerprint density at radius 1 is 0.960 bits per heavy atom. The van der Waals surface area contributed by atoms with Gasteiger partial charge in [-0.05, 0) is 40.8 Å². The lowest BCUT2D eigenvalue weighted by molar-refractivity contribution is 0.0459. The number of carbonyl (C=O) groups excluding carboxylic acids is 1. The summed E-state index contributed by atoms with van der Waals surface area (Å²) in [7, 11) is 0. The molecule has 1 heterocycles. The molecule has 25 heavy (non-hydrogen) atoms. The van der Waals surface area contributed by atoms with Gasteiger partial charge < -0.3 is 4.90 Å². The highest BCUT2D eigenvalue weighted by molar-refractivity contribution is 5.95. The normalized spacial score (nSPS) is 16.8. The van der Waals surface area contributed by atoms with E-state index in [1.165, 1.54) is 22.3 Å². The lowest BCUT2D eigenvalue weighted by Crippen LogP contribution is -2.49. The van der Waals surface area contributed by atoms with E-state index in [-0.39, 0.29) is 12.5 Å². The maximum atomic E-state index is 12.8. The van der Waals surface area contributed by atoms with E-state index in [0.29, 0.717) is 31.7 Å². The molecule has 0 aromatic heterocycles. The smallest absolute Gasteiger partial charge is 0.253 e. The minimum atomic E-state index is -2.32. The highest BCUT2D eigenvalue weighted by atomic mass is 19.3. The van der Waals surface area contributed by atoms with Crippen LogP contribution < -0.4 is 0 Å². The zero-order valence-electron chi connectivity index (χ0n) is 13.9. The fraction of sp³-hybridized carbons (Fsp3) is 0.350. The third-order valence-electron chi connectivity index (χ3n) is 5.10. The molecule has 1 saturated heterocycles. The Morgan fingerprint density at radius 3 is 2.44 bits per heavy atom. The first-order valence-corrected chi connectivity index (χ1v) is 8.63. The number of amides is 1. The van der Waals surface area contributed by atoms with Crippen molar-refractivity contribution in [2.75, 3.05) is 32.7 Å². The van der Waals surface area contributed by atoms with Crippen molar-refractivity contribution < 1.29 is 13.6 Å². The van der Waals surface area contributed by atoms with Crippen LogP contribution in [-0.2, 0) is 6.42 Å². The van der Waals surface area contributed by atoms with Gasteiger partial charge in [0.1, 0.15) is 0 Å². The SMILES string of the molecule is O=C(c1ccc2c(c1)Cc1ccccc1-2)N1CCN(CC(F)F)CC1. The summed E-state index contributed by atoms with van der Waals surface area (Å²) >= 11 is 0. The average molecular weight is 342 g/mol. The molecule has 2 aliphatic rings. The standard InChI is InChI=1S/C20H20F2N2O/c21-19(22)13-23-7-9-24(10-8-23)20(25)15-5-6-18-16(12-15)11-14-3-1-2-4-17(14)18/h1-6,12,19H,7-11,13H2. The van der Waals surface area contributed by atoms with E-state index >= 15 is 0 Å². The predicted molar refractivity (Wildman–Crippen MR) is 93.0 cm³/mol. The van der Waals surface area contributed by atoms with Crippen LogP contribution in [0.4, 0.5) is 8.78 Å². The number of hydrogen-bond donors (Lipinski definition) is 0. The van der Waals surface area contributed by atoms with Gasteiger partial charge in [-0.15, -0.1) is 0 Å². The Morgan fingerprint density at radius 2 is 1.68 bits per heavy atom. The largest absolute Gasteiger partial charge is 0.336 e. The van der Waals surface area contributed by atoms with Crippen LogP contribution in [0.25, 0.3) is 11.1 Å². The number of halogens is 2. The molecular weight excluding hydrogens is 322 g/mol. The summed E-state index contributed by atoms with van der Waals surface area (Å²) in [5.41, 5.74) is 5.62. The molecule has 5 heteroatoms. The molecule has 0 saturated carbocycles. The maximum absolute atomic E-state index is 12.8. The van der Waals surface area contributed by atoms with Crippen LogP contribution >= 0.6 is 0 Å². The number of carbonyl (C=O) groups is 1. The fourth-order valence-corrected chi connectivity index (χ4v) is 3.79. The van der Waals surface area contributed by atoms with Gasteiger partial charge in [0.25, 0.3) is 12.3 Å². The number of fused-ring (bicyclic) bond motifs is 3. The van der Waals surface area contributed by atoms with Crippen molar-refractivity contribution in [2.24, 2.45) is 0 Å². The molecule has 0 spiro atoms. The van der Waals surface area contributed by atoms with Crippen molar-refractivity contribution in [1.82, 2.24) is 9.80 Å². The lowest BCUT2D eigenvalue weighted by atomic mass is 10.0. The van der Waals surface area contributed by atoms with Crippen LogP contribution in [0.3, 0.4) is 0 Å². The van der Waals surface area contributed by atoms with Gasteiger partial charge in [0, 0.05) is 31.7 Å². The van der Waals surface area contributed by atoms with Gasteiger partial charge in [-0.3, -0.25) is 9.69 Å². The van der Waals surface area contributed by atoms with Gasteiger partial charge in [-0.1, -0.05) is 30.3 Å². The van der Waals surface area contributed by atoms with Crippen molar-refractivity contribution in [3.05, 3.63) is 59.2 Å². The number of rotatable bonds is 3. The number of hydrogen-bond acceptors (Lipinski definition) is 2. The van der Waals surface area contributed by atoms with Crippen LogP contribution in [0.2, 0.25) is 0 Å². The van der Waals surface area contributed by atoms with E-state index < -0.39 is 6.43 Å². The van der Waals surface area contributed by atoms with E-state index in [1.54, 1.807) is 9.80 Å². The van der Waals surface area contributed by atoms with Gasteiger partial charge in [0.15, 0.2) is 0 Å². The molecule has 0 atom stereocenters. The van der Waals surface area contributed by atoms with Crippen LogP contribution in [0, 0.1) is 0 Å². The molecule has 4 rings (SSSR count). The fourth-order valence-electron chi connectivity index (χ4n) is 3.79. The Kier molecular flexibility index (Phi) is 4.25. The van der Waals surface area contributed by atoms with Gasteiger partial charge >= 0.3 is 0 Å². The quantitative estimate of drug-likeness (QED) is 0.729. The summed E-state index contributed by atoms with van der Waals surface area (Å²) in [5.74, 6) is -0.00421. The topological polar surface area (TPSA) is 23.6 Å². The van der Waals surface area contributed by atoms with Crippen LogP contribution in [-0.4, -0.2) is 54.9 Å².